The number of H-pyrrole nitrogens is 1. The van der Waals surface area contributed by atoms with E-state index in [1.54, 1.807) is 0 Å². The predicted octanol–water partition coefficient (Wildman–Crippen LogP) is 4.30. The Labute approximate surface area is 155 Å². The molecule has 1 unspecified atom stereocenters. The molecule has 2 heterocycles. The van der Waals surface area contributed by atoms with Crippen LogP contribution in [0, 0.1) is 0 Å². The Morgan fingerprint density at radius 1 is 1.08 bits per heavy atom. The van der Waals surface area contributed by atoms with Crippen molar-refractivity contribution in [2.24, 2.45) is 0 Å². The largest absolute Gasteiger partial charge is 0.358 e. The van der Waals surface area contributed by atoms with E-state index < -0.39 is 0 Å². The summed E-state index contributed by atoms with van der Waals surface area (Å²) in [5.41, 5.74) is 7.33. The Bertz CT molecular complexity index is 931. The zero-order chi connectivity index (χ0) is 17.9. The van der Waals surface area contributed by atoms with Gasteiger partial charge in [-0.05, 0) is 68.2 Å². The molecule has 0 spiro atoms. The molecule has 2 aromatic carbocycles. The van der Waals surface area contributed by atoms with E-state index in [1.807, 2.05) is 0 Å². The summed E-state index contributed by atoms with van der Waals surface area (Å²) in [5, 5.41) is 1.30. The first-order valence-electron chi connectivity index (χ1n) is 9.64. The van der Waals surface area contributed by atoms with Crippen LogP contribution in [-0.4, -0.2) is 42.5 Å². The molecule has 2 aliphatic rings. The van der Waals surface area contributed by atoms with Crippen LogP contribution in [0.1, 0.15) is 41.1 Å². The minimum Gasteiger partial charge on any atom is -0.358 e. The Kier molecular flexibility index (Phi) is 3.53. The second kappa shape index (κ2) is 5.70. The van der Waals surface area contributed by atoms with Gasteiger partial charge in [0.2, 0.25) is 0 Å². The van der Waals surface area contributed by atoms with Gasteiger partial charge in [0, 0.05) is 35.8 Å². The molecule has 134 valence electrons. The molecule has 1 aromatic heterocycles. The summed E-state index contributed by atoms with van der Waals surface area (Å²) in [6, 6.07) is 18.2. The number of likely N-dealkylation sites (N-methyl/N-ethyl adjacent to an activating group) is 1. The van der Waals surface area contributed by atoms with E-state index in [-0.39, 0.29) is 5.54 Å². The van der Waals surface area contributed by atoms with E-state index in [2.05, 4.69) is 84.5 Å². The summed E-state index contributed by atoms with van der Waals surface area (Å²) >= 11 is 0. The molecule has 3 nitrogen and oxygen atoms in total. The third kappa shape index (κ3) is 2.42. The van der Waals surface area contributed by atoms with Crippen LogP contribution >= 0.6 is 0 Å². The van der Waals surface area contributed by atoms with Crippen molar-refractivity contribution in [3.05, 3.63) is 70.9 Å². The van der Waals surface area contributed by atoms with Gasteiger partial charge in [0.15, 0.2) is 0 Å². The number of rotatable bonds is 3. The van der Waals surface area contributed by atoms with Gasteiger partial charge in [0.25, 0.3) is 0 Å². The highest BCUT2D eigenvalue weighted by molar-refractivity contribution is 5.80. The van der Waals surface area contributed by atoms with Crippen molar-refractivity contribution in [2.45, 2.75) is 30.8 Å². The number of hydrogen-bond donors (Lipinski definition) is 1. The number of benzene rings is 2. The molecule has 1 aliphatic carbocycles. The van der Waals surface area contributed by atoms with Gasteiger partial charge in [-0.1, -0.05) is 36.4 Å². The Morgan fingerprint density at radius 3 is 2.62 bits per heavy atom. The van der Waals surface area contributed by atoms with Crippen LogP contribution in [0.4, 0.5) is 0 Å². The summed E-state index contributed by atoms with van der Waals surface area (Å²) < 4.78 is 0. The summed E-state index contributed by atoms with van der Waals surface area (Å²) in [7, 11) is 6.67. The molecule has 1 aliphatic heterocycles. The van der Waals surface area contributed by atoms with Gasteiger partial charge in [-0.3, -0.25) is 4.90 Å². The van der Waals surface area contributed by atoms with Crippen molar-refractivity contribution in [3.63, 3.8) is 0 Å². The maximum Gasteiger partial charge on any atom is 0.0456 e. The molecule has 1 saturated carbocycles. The first-order chi connectivity index (χ1) is 12.6. The fraction of sp³-hybridized carbons (Fsp3) is 0.391. The molecule has 0 amide bonds. The predicted molar refractivity (Wildman–Crippen MR) is 108 cm³/mol. The molecular weight excluding hydrogens is 318 g/mol. The van der Waals surface area contributed by atoms with E-state index in [9.17, 15) is 0 Å². The van der Waals surface area contributed by atoms with E-state index in [0.29, 0.717) is 5.92 Å². The molecule has 5 rings (SSSR count). The highest BCUT2D eigenvalue weighted by Gasteiger charge is 2.46. The summed E-state index contributed by atoms with van der Waals surface area (Å²) in [6.45, 7) is 2.11. The zero-order valence-electron chi connectivity index (χ0n) is 15.9. The van der Waals surface area contributed by atoms with Crippen molar-refractivity contribution < 1.29 is 0 Å². The lowest BCUT2D eigenvalue weighted by Gasteiger charge is -2.33. The molecule has 26 heavy (non-hydrogen) atoms. The number of nitrogens with one attached hydrogen (secondary N) is 1. The molecule has 1 atom stereocenters. The van der Waals surface area contributed by atoms with Crippen molar-refractivity contribution in [2.75, 3.05) is 27.7 Å². The standard InChI is InChI=1S/C23H27N3/c1-25(2)23(10-11-23)18-8-9-19-17(12-18)14-26(3)15-20(19)22-13-16-6-4-5-7-21(16)24-22/h4-9,12-13,20,24H,10-11,14-15H2,1-3H3. The highest BCUT2D eigenvalue weighted by atomic mass is 15.2. The van der Waals surface area contributed by atoms with E-state index in [1.165, 1.54) is 46.1 Å². The molecule has 0 radical (unpaired) electrons. The second-order valence-corrected chi connectivity index (χ2v) is 8.40. The summed E-state index contributed by atoms with van der Waals surface area (Å²) in [5.74, 6) is 0.416. The first kappa shape index (κ1) is 16.1. The third-order valence-corrected chi connectivity index (χ3v) is 6.50. The minimum absolute atomic E-state index is 0.279. The summed E-state index contributed by atoms with van der Waals surface area (Å²) in [6.07, 6.45) is 2.56. The Hall–Kier alpha value is -2.10. The molecule has 1 N–H and O–H groups in total. The monoisotopic (exact) mass is 345 g/mol. The smallest absolute Gasteiger partial charge is 0.0456 e. The number of para-hydroxylation sites is 1. The lowest BCUT2D eigenvalue weighted by atomic mass is 9.85. The van der Waals surface area contributed by atoms with Crippen molar-refractivity contribution in [1.29, 1.82) is 0 Å². The summed E-state index contributed by atoms with van der Waals surface area (Å²) in [4.78, 5) is 8.52. The normalized spacial score (nSPS) is 21.9. The van der Waals surface area contributed by atoms with Crippen molar-refractivity contribution in [3.8, 4) is 0 Å². The zero-order valence-corrected chi connectivity index (χ0v) is 15.9. The third-order valence-electron chi connectivity index (χ3n) is 6.50. The van der Waals surface area contributed by atoms with Crippen LogP contribution < -0.4 is 0 Å². The number of fused-ring (bicyclic) bond motifs is 2. The molecule has 0 saturated heterocycles. The quantitative estimate of drug-likeness (QED) is 0.765. The van der Waals surface area contributed by atoms with Crippen molar-refractivity contribution >= 4 is 10.9 Å². The average molecular weight is 345 g/mol. The Balaban J connectivity index is 1.58. The van der Waals surface area contributed by atoms with Gasteiger partial charge in [0.05, 0.1) is 0 Å². The highest BCUT2D eigenvalue weighted by Crippen LogP contribution is 2.50. The fourth-order valence-corrected chi connectivity index (χ4v) is 4.80. The first-order valence-corrected chi connectivity index (χ1v) is 9.64. The maximum atomic E-state index is 3.67. The van der Waals surface area contributed by atoms with Crippen molar-refractivity contribution in [1.82, 2.24) is 14.8 Å². The van der Waals surface area contributed by atoms with Crippen LogP contribution in [-0.2, 0) is 12.1 Å². The van der Waals surface area contributed by atoms with Gasteiger partial charge >= 0.3 is 0 Å². The number of aromatic amines is 1. The van der Waals surface area contributed by atoms with Crippen LogP contribution in [0.5, 0.6) is 0 Å². The van der Waals surface area contributed by atoms with Gasteiger partial charge in [-0.25, -0.2) is 0 Å². The van der Waals surface area contributed by atoms with Crippen LogP contribution in [0.15, 0.2) is 48.5 Å². The van der Waals surface area contributed by atoms with Crippen LogP contribution in [0.2, 0.25) is 0 Å². The van der Waals surface area contributed by atoms with Crippen LogP contribution in [0.25, 0.3) is 10.9 Å². The molecule has 3 heteroatoms. The molecule has 1 fully saturated rings. The lowest BCUT2D eigenvalue weighted by Crippen LogP contribution is -2.32. The van der Waals surface area contributed by atoms with Gasteiger partial charge in [0.1, 0.15) is 0 Å². The molecule has 3 aromatic rings. The average Bonchev–Trinajstić information content (AvgIpc) is 3.34. The van der Waals surface area contributed by atoms with Gasteiger partial charge < -0.3 is 9.88 Å². The second-order valence-electron chi connectivity index (χ2n) is 8.40. The van der Waals surface area contributed by atoms with E-state index in [0.717, 1.165) is 13.1 Å². The number of nitrogens with zero attached hydrogens (tertiary/aromatic N) is 2. The maximum absolute atomic E-state index is 3.67. The van der Waals surface area contributed by atoms with Gasteiger partial charge in [-0.2, -0.15) is 0 Å². The number of hydrogen-bond acceptors (Lipinski definition) is 2. The lowest BCUT2D eigenvalue weighted by molar-refractivity contribution is 0.272. The van der Waals surface area contributed by atoms with E-state index in [4.69, 9.17) is 0 Å². The fourth-order valence-electron chi connectivity index (χ4n) is 4.80. The number of aromatic nitrogens is 1. The van der Waals surface area contributed by atoms with Crippen LogP contribution in [0.3, 0.4) is 0 Å². The minimum atomic E-state index is 0.279. The van der Waals surface area contributed by atoms with E-state index >= 15 is 0 Å². The topological polar surface area (TPSA) is 22.3 Å². The SMILES string of the molecule is CN1Cc2cc(C3(N(C)C)CC3)ccc2C(c2cc3ccccc3[nH]2)C1. The molecule has 0 bridgehead atoms. The Morgan fingerprint density at radius 2 is 1.88 bits per heavy atom. The molecular formula is C23H27N3. The van der Waals surface area contributed by atoms with Gasteiger partial charge in [-0.15, -0.1) is 0 Å².